The van der Waals surface area contributed by atoms with Gasteiger partial charge < -0.3 is 4.74 Å². The highest BCUT2D eigenvalue weighted by Gasteiger charge is 2.24. The smallest absolute Gasteiger partial charge is 0.179 e. The van der Waals surface area contributed by atoms with Gasteiger partial charge in [0.2, 0.25) is 0 Å². The van der Waals surface area contributed by atoms with Gasteiger partial charge in [-0.25, -0.2) is 0 Å². The summed E-state index contributed by atoms with van der Waals surface area (Å²) in [6, 6.07) is 7.45. The Hall–Kier alpha value is -1.35. The number of likely N-dealkylation sites (tertiary alicyclic amines) is 1. The van der Waals surface area contributed by atoms with Gasteiger partial charge in [-0.05, 0) is 64.0 Å². The van der Waals surface area contributed by atoms with Crippen molar-refractivity contribution in [3.8, 4) is 5.75 Å². The molecule has 0 saturated carbocycles. The van der Waals surface area contributed by atoms with Gasteiger partial charge in [0.15, 0.2) is 5.78 Å². The summed E-state index contributed by atoms with van der Waals surface area (Å²) < 4.78 is 5.38. The van der Waals surface area contributed by atoms with Crippen LogP contribution in [0.4, 0.5) is 0 Å². The van der Waals surface area contributed by atoms with E-state index < -0.39 is 0 Å². The van der Waals surface area contributed by atoms with Crippen molar-refractivity contribution in [2.45, 2.75) is 32.7 Å². The number of nitrogens with zero attached hydrogens (tertiary/aromatic N) is 1. The molecule has 18 heavy (non-hydrogen) atoms. The van der Waals surface area contributed by atoms with Crippen LogP contribution < -0.4 is 4.74 Å². The maximum Gasteiger partial charge on any atom is 0.179 e. The van der Waals surface area contributed by atoms with Crippen LogP contribution in [0.25, 0.3) is 0 Å². The average molecular weight is 247 g/mol. The number of Topliss-reactive ketones (excluding diaryl/α,β-unsaturated/α-hetero) is 1. The summed E-state index contributed by atoms with van der Waals surface area (Å²) in [6.07, 6.45) is 2.42. The van der Waals surface area contributed by atoms with Crippen molar-refractivity contribution in [2.24, 2.45) is 0 Å². The van der Waals surface area contributed by atoms with Crippen LogP contribution in [-0.2, 0) is 0 Å². The molecular formula is C15H21NO2. The maximum atomic E-state index is 12.3. The second-order valence-corrected chi connectivity index (χ2v) is 4.74. The van der Waals surface area contributed by atoms with E-state index in [1.165, 1.54) is 12.8 Å². The molecule has 0 aliphatic carbocycles. The first-order chi connectivity index (χ1) is 8.72. The molecular weight excluding hydrogens is 226 g/mol. The predicted octanol–water partition coefficient (Wildman–Crippen LogP) is 2.75. The number of carbonyl (C=O) groups excluding carboxylic acids is 1. The molecule has 98 valence electrons. The number of benzene rings is 1. The first kappa shape index (κ1) is 13.1. The summed E-state index contributed by atoms with van der Waals surface area (Å²) in [4.78, 5) is 14.6. The number of hydrogen-bond acceptors (Lipinski definition) is 3. The van der Waals surface area contributed by atoms with Crippen LogP contribution in [0.2, 0.25) is 0 Å². The third kappa shape index (κ3) is 2.91. The van der Waals surface area contributed by atoms with Gasteiger partial charge in [-0.3, -0.25) is 9.69 Å². The van der Waals surface area contributed by atoms with Gasteiger partial charge in [-0.1, -0.05) is 0 Å². The first-order valence-electron chi connectivity index (χ1n) is 6.73. The van der Waals surface area contributed by atoms with E-state index in [9.17, 15) is 4.79 Å². The molecule has 3 heteroatoms. The zero-order valence-corrected chi connectivity index (χ0v) is 11.2. The van der Waals surface area contributed by atoms with Gasteiger partial charge in [0.05, 0.1) is 12.6 Å². The van der Waals surface area contributed by atoms with Crippen LogP contribution in [0, 0.1) is 0 Å². The van der Waals surface area contributed by atoms with Gasteiger partial charge in [0.1, 0.15) is 5.75 Å². The number of ketones is 1. The van der Waals surface area contributed by atoms with Crippen molar-refractivity contribution < 1.29 is 9.53 Å². The third-order valence-electron chi connectivity index (χ3n) is 3.52. The number of carbonyl (C=O) groups is 1. The molecule has 0 amide bonds. The highest BCUT2D eigenvalue weighted by atomic mass is 16.5. The Morgan fingerprint density at radius 2 is 1.89 bits per heavy atom. The minimum atomic E-state index is -0.00885. The average Bonchev–Trinajstić information content (AvgIpc) is 2.92. The summed E-state index contributed by atoms with van der Waals surface area (Å²) in [6.45, 7) is 6.70. The van der Waals surface area contributed by atoms with E-state index in [0.717, 1.165) is 24.4 Å². The van der Waals surface area contributed by atoms with E-state index in [1.54, 1.807) is 0 Å². The summed E-state index contributed by atoms with van der Waals surface area (Å²) in [5.74, 6) is 1.03. The lowest BCUT2D eigenvalue weighted by Crippen LogP contribution is -2.36. The topological polar surface area (TPSA) is 29.5 Å². The fraction of sp³-hybridized carbons (Fsp3) is 0.533. The number of rotatable bonds is 5. The van der Waals surface area contributed by atoms with Crippen LogP contribution in [0.5, 0.6) is 5.75 Å². The molecule has 0 N–H and O–H groups in total. The van der Waals surface area contributed by atoms with E-state index in [4.69, 9.17) is 4.74 Å². The monoisotopic (exact) mass is 247 g/mol. The molecule has 1 saturated heterocycles. The first-order valence-corrected chi connectivity index (χ1v) is 6.73. The van der Waals surface area contributed by atoms with Crippen molar-refractivity contribution in [1.29, 1.82) is 0 Å². The molecule has 1 fully saturated rings. The van der Waals surface area contributed by atoms with Gasteiger partial charge in [-0.15, -0.1) is 0 Å². The molecule has 0 bridgehead atoms. The van der Waals surface area contributed by atoms with E-state index in [0.29, 0.717) is 6.61 Å². The van der Waals surface area contributed by atoms with Gasteiger partial charge in [0, 0.05) is 5.56 Å². The molecule has 1 aromatic rings. The van der Waals surface area contributed by atoms with E-state index in [-0.39, 0.29) is 11.8 Å². The molecule has 1 atom stereocenters. The summed E-state index contributed by atoms with van der Waals surface area (Å²) >= 11 is 0. The van der Waals surface area contributed by atoms with E-state index >= 15 is 0 Å². The Kier molecular flexibility index (Phi) is 4.37. The van der Waals surface area contributed by atoms with Gasteiger partial charge >= 0.3 is 0 Å². The molecule has 0 radical (unpaired) electrons. The molecule has 3 nitrogen and oxygen atoms in total. The molecule has 1 aliphatic heterocycles. The minimum absolute atomic E-state index is 0.00885. The molecule has 1 heterocycles. The van der Waals surface area contributed by atoms with Crippen molar-refractivity contribution in [2.75, 3.05) is 19.7 Å². The highest BCUT2D eigenvalue weighted by molar-refractivity contribution is 5.99. The summed E-state index contributed by atoms with van der Waals surface area (Å²) in [7, 11) is 0. The predicted molar refractivity (Wildman–Crippen MR) is 72.2 cm³/mol. The summed E-state index contributed by atoms with van der Waals surface area (Å²) in [5, 5.41) is 0. The SMILES string of the molecule is CCOc1ccc(C(=O)[C@H](C)N2CCCC2)cc1. The minimum Gasteiger partial charge on any atom is -0.494 e. The fourth-order valence-corrected chi connectivity index (χ4v) is 2.42. The molecule has 2 rings (SSSR count). The lowest BCUT2D eigenvalue weighted by Gasteiger charge is -2.22. The van der Waals surface area contributed by atoms with Gasteiger partial charge in [-0.2, -0.15) is 0 Å². The third-order valence-corrected chi connectivity index (χ3v) is 3.52. The lowest BCUT2D eigenvalue weighted by molar-refractivity contribution is 0.0867. The number of ether oxygens (including phenoxy) is 1. The lowest BCUT2D eigenvalue weighted by atomic mass is 10.0. The van der Waals surface area contributed by atoms with Crippen molar-refractivity contribution in [3.63, 3.8) is 0 Å². The zero-order chi connectivity index (χ0) is 13.0. The standard InChI is InChI=1S/C15H21NO2/c1-3-18-14-8-6-13(7-9-14)15(17)12(2)16-10-4-5-11-16/h6-9,12H,3-5,10-11H2,1-2H3/t12-/m0/s1. The van der Waals surface area contributed by atoms with Crippen molar-refractivity contribution >= 4 is 5.78 Å². The Balaban J connectivity index is 2.03. The molecule has 1 aromatic carbocycles. The Morgan fingerprint density at radius 3 is 2.44 bits per heavy atom. The Labute approximate surface area is 109 Å². The Bertz CT molecular complexity index is 393. The molecule has 0 unspecified atom stereocenters. The highest BCUT2D eigenvalue weighted by Crippen LogP contribution is 2.18. The van der Waals surface area contributed by atoms with Crippen LogP contribution in [0.3, 0.4) is 0 Å². The molecule has 1 aliphatic rings. The quantitative estimate of drug-likeness (QED) is 0.749. The normalized spacial score (nSPS) is 17.7. The number of hydrogen-bond donors (Lipinski definition) is 0. The second-order valence-electron chi connectivity index (χ2n) is 4.74. The summed E-state index contributed by atoms with van der Waals surface area (Å²) in [5.41, 5.74) is 0.776. The van der Waals surface area contributed by atoms with Crippen molar-refractivity contribution in [3.05, 3.63) is 29.8 Å². The Morgan fingerprint density at radius 1 is 1.28 bits per heavy atom. The zero-order valence-electron chi connectivity index (χ0n) is 11.2. The van der Waals surface area contributed by atoms with Gasteiger partial charge in [0.25, 0.3) is 0 Å². The molecule has 0 aromatic heterocycles. The van der Waals surface area contributed by atoms with Crippen LogP contribution in [-0.4, -0.2) is 36.4 Å². The van der Waals surface area contributed by atoms with Crippen LogP contribution in [0.1, 0.15) is 37.0 Å². The molecule has 0 spiro atoms. The van der Waals surface area contributed by atoms with Crippen molar-refractivity contribution in [1.82, 2.24) is 4.90 Å². The maximum absolute atomic E-state index is 12.3. The van der Waals surface area contributed by atoms with E-state index in [2.05, 4.69) is 4.90 Å². The fourth-order valence-electron chi connectivity index (χ4n) is 2.42. The largest absolute Gasteiger partial charge is 0.494 e. The van der Waals surface area contributed by atoms with Crippen LogP contribution >= 0.6 is 0 Å². The second kappa shape index (κ2) is 6.01. The van der Waals surface area contributed by atoms with Crippen LogP contribution in [0.15, 0.2) is 24.3 Å². The van der Waals surface area contributed by atoms with E-state index in [1.807, 2.05) is 38.1 Å².